The van der Waals surface area contributed by atoms with Crippen LogP contribution in [-0.4, -0.2) is 74.7 Å². The van der Waals surface area contributed by atoms with E-state index in [2.05, 4.69) is 15.1 Å². The van der Waals surface area contributed by atoms with Crippen LogP contribution in [0.1, 0.15) is 19.3 Å². The number of nitrogens with zero attached hydrogens (tertiary/aromatic N) is 2. The Bertz CT molecular complexity index is 537. The third-order valence-corrected chi connectivity index (χ3v) is 4.72. The van der Waals surface area contributed by atoms with Gasteiger partial charge < -0.3 is 19.7 Å². The Balaban J connectivity index is 1.25. The normalized spacial score (nSPS) is 18.8. The topological polar surface area (TPSA) is 54.0 Å². The van der Waals surface area contributed by atoms with Crippen molar-refractivity contribution in [2.45, 2.75) is 25.3 Å². The zero-order valence-corrected chi connectivity index (χ0v) is 15.1. The molecule has 1 aliphatic heterocycles. The summed E-state index contributed by atoms with van der Waals surface area (Å²) in [6.45, 7) is 6.30. The summed E-state index contributed by atoms with van der Waals surface area (Å²) in [4.78, 5) is 16.5. The van der Waals surface area contributed by atoms with Crippen molar-refractivity contribution in [3.63, 3.8) is 0 Å². The molecule has 138 valence electrons. The summed E-state index contributed by atoms with van der Waals surface area (Å²) in [6, 6.07) is 8.15. The lowest BCUT2D eigenvalue weighted by Gasteiger charge is -2.34. The van der Waals surface area contributed by atoms with Gasteiger partial charge in [0, 0.05) is 38.8 Å². The van der Waals surface area contributed by atoms with Crippen LogP contribution in [0.2, 0.25) is 0 Å². The molecule has 0 unspecified atom stereocenters. The predicted octanol–water partition coefficient (Wildman–Crippen LogP) is 1.36. The number of hydrogen-bond donors (Lipinski definition) is 1. The molecular formula is C19H29N3O3. The Kier molecular flexibility index (Phi) is 6.53. The van der Waals surface area contributed by atoms with E-state index in [0.29, 0.717) is 12.6 Å². The first-order chi connectivity index (χ1) is 12.2. The van der Waals surface area contributed by atoms with Crippen LogP contribution in [0, 0.1) is 0 Å². The molecule has 2 aliphatic rings. The van der Waals surface area contributed by atoms with E-state index < -0.39 is 0 Å². The van der Waals surface area contributed by atoms with Crippen LogP contribution >= 0.6 is 0 Å². The lowest BCUT2D eigenvalue weighted by molar-refractivity contribution is -0.122. The molecule has 1 aromatic rings. The summed E-state index contributed by atoms with van der Waals surface area (Å²) in [5.74, 6) is 1.91. The summed E-state index contributed by atoms with van der Waals surface area (Å²) in [5, 5.41) is 3.06. The maximum absolute atomic E-state index is 11.8. The maximum Gasteiger partial charge on any atom is 0.234 e. The fourth-order valence-corrected chi connectivity index (χ4v) is 3.03. The number of benzene rings is 1. The van der Waals surface area contributed by atoms with Crippen LogP contribution in [0.15, 0.2) is 24.3 Å². The van der Waals surface area contributed by atoms with Crippen LogP contribution in [0.3, 0.4) is 0 Å². The molecule has 1 N–H and O–H groups in total. The number of carbonyl (C=O) groups is 1. The Morgan fingerprint density at radius 2 is 1.72 bits per heavy atom. The van der Waals surface area contributed by atoms with Crippen molar-refractivity contribution in [3.8, 4) is 11.5 Å². The van der Waals surface area contributed by atoms with E-state index in [9.17, 15) is 4.79 Å². The highest BCUT2D eigenvalue weighted by Gasteiger charge is 2.25. The molecule has 3 rings (SSSR count). The molecule has 1 amide bonds. The molecule has 2 fully saturated rings. The SMILES string of the molecule is COc1ccc(OCCCN2CCN(CC(=O)NC3CC3)CC2)cc1. The zero-order chi connectivity index (χ0) is 17.5. The smallest absolute Gasteiger partial charge is 0.234 e. The van der Waals surface area contributed by atoms with E-state index in [-0.39, 0.29) is 5.91 Å². The summed E-state index contributed by atoms with van der Waals surface area (Å²) in [7, 11) is 1.66. The van der Waals surface area contributed by atoms with Gasteiger partial charge in [0.05, 0.1) is 20.3 Å². The molecule has 0 bridgehead atoms. The first-order valence-electron chi connectivity index (χ1n) is 9.24. The number of piperazine rings is 1. The van der Waals surface area contributed by atoms with Gasteiger partial charge in [-0.3, -0.25) is 9.69 Å². The van der Waals surface area contributed by atoms with Crippen molar-refractivity contribution in [1.29, 1.82) is 0 Å². The number of hydrogen-bond acceptors (Lipinski definition) is 5. The van der Waals surface area contributed by atoms with Gasteiger partial charge in [-0.15, -0.1) is 0 Å². The van der Waals surface area contributed by atoms with Crippen molar-refractivity contribution in [2.24, 2.45) is 0 Å². The number of amides is 1. The van der Waals surface area contributed by atoms with Crippen LogP contribution in [0.4, 0.5) is 0 Å². The molecule has 0 aromatic heterocycles. The van der Waals surface area contributed by atoms with Gasteiger partial charge in [0.1, 0.15) is 11.5 Å². The van der Waals surface area contributed by atoms with E-state index in [1.807, 2.05) is 24.3 Å². The van der Waals surface area contributed by atoms with Gasteiger partial charge in [0.25, 0.3) is 0 Å². The van der Waals surface area contributed by atoms with Crippen molar-refractivity contribution in [2.75, 3.05) is 53.0 Å². The Morgan fingerprint density at radius 3 is 2.36 bits per heavy atom. The summed E-state index contributed by atoms with van der Waals surface area (Å²) in [6.07, 6.45) is 3.31. The Morgan fingerprint density at radius 1 is 1.08 bits per heavy atom. The van der Waals surface area contributed by atoms with Gasteiger partial charge in [0.2, 0.25) is 5.91 Å². The lowest BCUT2D eigenvalue weighted by atomic mass is 10.3. The molecular weight excluding hydrogens is 318 g/mol. The Hall–Kier alpha value is -1.79. The maximum atomic E-state index is 11.8. The second-order valence-corrected chi connectivity index (χ2v) is 6.84. The van der Waals surface area contributed by atoms with Gasteiger partial charge in [-0.05, 0) is 43.5 Å². The second kappa shape index (κ2) is 9.06. The minimum Gasteiger partial charge on any atom is -0.497 e. The zero-order valence-electron chi connectivity index (χ0n) is 15.1. The number of methoxy groups -OCH3 is 1. The second-order valence-electron chi connectivity index (χ2n) is 6.84. The molecule has 0 radical (unpaired) electrons. The van der Waals surface area contributed by atoms with E-state index >= 15 is 0 Å². The monoisotopic (exact) mass is 347 g/mol. The van der Waals surface area contributed by atoms with Crippen molar-refractivity contribution < 1.29 is 14.3 Å². The quantitative estimate of drug-likeness (QED) is 0.684. The fourth-order valence-electron chi connectivity index (χ4n) is 3.03. The van der Waals surface area contributed by atoms with E-state index in [1.54, 1.807) is 7.11 Å². The summed E-state index contributed by atoms with van der Waals surface area (Å²) < 4.78 is 10.9. The minimum absolute atomic E-state index is 0.184. The molecule has 1 aromatic carbocycles. The molecule has 6 nitrogen and oxygen atoms in total. The Labute approximate surface area is 150 Å². The summed E-state index contributed by atoms with van der Waals surface area (Å²) in [5.41, 5.74) is 0. The van der Waals surface area contributed by atoms with Crippen molar-refractivity contribution in [1.82, 2.24) is 15.1 Å². The van der Waals surface area contributed by atoms with Gasteiger partial charge >= 0.3 is 0 Å². The van der Waals surface area contributed by atoms with Gasteiger partial charge in [-0.25, -0.2) is 0 Å². The van der Waals surface area contributed by atoms with Crippen molar-refractivity contribution in [3.05, 3.63) is 24.3 Å². The molecule has 1 saturated carbocycles. The number of ether oxygens (including phenoxy) is 2. The highest BCUT2D eigenvalue weighted by atomic mass is 16.5. The van der Waals surface area contributed by atoms with Gasteiger partial charge in [-0.1, -0.05) is 0 Å². The van der Waals surface area contributed by atoms with Gasteiger partial charge in [-0.2, -0.15) is 0 Å². The van der Waals surface area contributed by atoms with Crippen LogP contribution in [0.5, 0.6) is 11.5 Å². The minimum atomic E-state index is 0.184. The number of carbonyl (C=O) groups excluding carboxylic acids is 1. The molecule has 6 heteroatoms. The largest absolute Gasteiger partial charge is 0.497 e. The van der Waals surface area contributed by atoms with Crippen LogP contribution < -0.4 is 14.8 Å². The third kappa shape index (κ3) is 6.21. The fraction of sp³-hybridized carbons (Fsp3) is 0.632. The highest BCUT2D eigenvalue weighted by molar-refractivity contribution is 5.78. The average Bonchev–Trinajstić information content (AvgIpc) is 3.44. The average molecular weight is 347 g/mol. The lowest BCUT2D eigenvalue weighted by Crippen LogP contribution is -2.49. The van der Waals surface area contributed by atoms with E-state index in [4.69, 9.17) is 9.47 Å². The number of nitrogens with one attached hydrogen (secondary N) is 1. The van der Waals surface area contributed by atoms with Gasteiger partial charge in [0.15, 0.2) is 0 Å². The molecule has 0 atom stereocenters. The first kappa shape index (κ1) is 18.0. The molecule has 0 spiro atoms. The predicted molar refractivity (Wildman–Crippen MR) is 97.2 cm³/mol. The van der Waals surface area contributed by atoms with E-state index in [0.717, 1.165) is 70.1 Å². The number of rotatable bonds is 9. The first-order valence-corrected chi connectivity index (χ1v) is 9.24. The third-order valence-electron chi connectivity index (χ3n) is 4.72. The van der Waals surface area contributed by atoms with E-state index in [1.165, 1.54) is 0 Å². The van der Waals surface area contributed by atoms with Crippen molar-refractivity contribution >= 4 is 5.91 Å². The highest BCUT2D eigenvalue weighted by Crippen LogP contribution is 2.18. The summed E-state index contributed by atoms with van der Waals surface area (Å²) >= 11 is 0. The van der Waals surface area contributed by atoms with Crippen LogP contribution in [0.25, 0.3) is 0 Å². The molecule has 1 saturated heterocycles. The molecule has 1 heterocycles. The molecule has 1 aliphatic carbocycles. The van der Waals surface area contributed by atoms with Crippen LogP contribution in [-0.2, 0) is 4.79 Å². The molecule has 25 heavy (non-hydrogen) atoms. The standard InChI is InChI=1S/C19H29N3O3/c1-24-17-5-7-18(8-6-17)25-14-2-9-21-10-12-22(13-11-21)15-19(23)20-16-3-4-16/h5-8,16H,2-4,9-15H2,1H3,(H,20,23).